The molecule has 2 aromatic heterocycles. The molecule has 8 heteroatoms. The summed E-state index contributed by atoms with van der Waals surface area (Å²) in [6.45, 7) is 0.322. The van der Waals surface area contributed by atoms with Gasteiger partial charge in [0.05, 0.1) is 22.3 Å². The van der Waals surface area contributed by atoms with Crippen molar-refractivity contribution in [1.82, 2.24) is 14.8 Å². The Hall–Kier alpha value is -2.69. The van der Waals surface area contributed by atoms with E-state index in [-0.39, 0.29) is 0 Å². The van der Waals surface area contributed by atoms with Crippen LogP contribution in [0.25, 0.3) is 5.82 Å². The fourth-order valence-corrected chi connectivity index (χ4v) is 3.07. The van der Waals surface area contributed by atoms with Crippen molar-refractivity contribution in [1.29, 1.82) is 5.26 Å². The highest BCUT2D eigenvalue weighted by molar-refractivity contribution is 9.10. The molecule has 6 nitrogen and oxygen atoms in total. The highest BCUT2D eigenvalue weighted by atomic mass is 79.9. The Kier molecular flexibility index (Phi) is 3.99. The highest BCUT2D eigenvalue weighted by Gasteiger charge is 2.22. The number of ether oxygens (including phenoxy) is 1. The van der Waals surface area contributed by atoms with Crippen molar-refractivity contribution in [3.63, 3.8) is 0 Å². The zero-order chi connectivity index (χ0) is 17.4. The summed E-state index contributed by atoms with van der Waals surface area (Å²) in [5, 5.41) is 13.8. The van der Waals surface area contributed by atoms with Gasteiger partial charge in [0.25, 0.3) is 0 Å². The van der Waals surface area contributed by atoms with Gasteiger partial charge in [0.1, 0.15) is 16.9 Å². The van der Waals surface area contributed by atoms with Crippen LogP contribution in [0.15, 0.2) is 52.2 Å². The third-order valence-electron chi connectivity index (χ3n) is 3.63. The molecule has 122 valence electrons. The van der Waals surface area contributed by atoms with Crippen molar-refractivity contribution < 1.29 is 4.74 Å². The fourth-order valence-electron chi connectivity index (χ4n) is 2.50. The van der Waals surface area contributed by atoms with Crippen molar-refractivity contribution in [2.45, 2.75) is 6.61 Å². The van der Waals surface area contributed by atoms with Crippen molar-refractivity contribution >= 4 is 39.1 Å². The maximum atomic E-state index is 9.00. The number of pyridine rings is 1. The minimum Gasteiger partial charge on any atom is -0.471 e. The molecule has 0 amide bonds. The van der Waals surface area contributed by atoms with E-state index in [2.05, 4.69) is 37.1 Å². The van der Waals surface area contributed by atoms with Gasteiger partial charge in [-0.1, -0.05) is 11.6 Å². The number of nitriles is 1. The molecule has 0 bridgehead atoms. The van der Waals surface area contributed by atoms with E-state index in [0.717, 1.165) is 11.3 Å². The third-order valence-corrected chi connectivity index (χ3v) is 4.32. The molecule has 4 rings (SSSR count). The first kappa shape index (κ1) is 15.8. The van der Waals surface area contributed by atoms with E-state index in [1.165, 1.54) is 0 Å². The van der Waals surface area contributed by atoms with E-state index in [1.54, 1.807) is 47.3 Å². The lowest BCUT2D eigenvalue weighted by Gasteiger charge is -2.17. The number of nitrogens with zero attached hydrogens (tertiary/aromatic N) is 5. The molecule has 0 N–H and O–H groups in total. The topological polar surface area (TPSA) is 76.1 Å². The second kappa shape index (κ2) is 6.31. The number of aliphatic imine (C=N–C) groups is 1. The van der Waals surface area contributed by atoms with Crippen LogP contribution in [-0.2, 0) is 11.3 Å². The van der Waals surface area contributed by atoms with Crippen LogP contribution >= 0.6 is 27.5 Å². The van der Waals surface area contributed by atoms with Gasteiger partial charge in [0, 0.05) is 17.8 Å². The molecule has 25 heavy (non-hydrogen) atoms. The average molecular weight is 415 g/mol. The van der Waals surface area contributed by atoms with Gasteiger partial charge in [0.2, 0.25) is 5.90 Å². The number of hydrogen-bond donors (Lipinski definition) is 0. The third kappa shape index (κ3) is 2.90. The molecule has 0 radical (unpaired) electrons. The Labute approximate surface area is 156 Å². The predicted molar refractivity (Wildman–Crippen MR) is 96.2 cm³/mol. The van der Waals surface area contributed by atoms with Gasteiger partial charge in [-0.25, -0.2) is 14.7 Å². The fraction of sp³-hybridized carbons (Fsp3) is 0.0588. The Morgan fingerprint density at radius 2 is 2.16 bits per heavy atom. The molecule has 0 aliphatic carbocycles. The summed E-state index contributed by atoms with van der Waals surface area (Å²) in [5.41, 5.74) is 2.83. The lowest BCUT2D eigenvalue weighted by molar-refractivity contribution is 0.286. The summed E-state index contributed by atoms with van der Waals surface area (Å²) >= 11 is 9.62. The van der Waals surface area contributed by atoms with Crippen molar-refractivity contribution in [3.8, 4) is 11.9 Å². The molecule has 1 aliphatic rings. The monoisotopic (exact) mass is 413 g/mol. The van der Waals surface area contributed by atoms with E-state index >= 15 is 0 Å². The van der Waals surface area contributed by atoms with Crippen LogP contribution in [0.3, 0.4) is 0 Å². The Bertz CT molecular complexity index is 1050. The van der Waals surface area contributed by atoms with Gasteiger partial charge < -0.3 is 4.74 Å². The molecule has 0 spiro atoms. The maximum Gasteiger partial charge on any atom is 0.241 e. The first-order valence-electron chi connectivity index (χ1n) is 7.27. The van der Waals surface area contributed by atoms with Gasteiger partial charge in [-0.05, 0) is 46.3 Å². The summed E-state index contributed by atoms with van der Waals surface area (Å²) in [6, 6.07) is 12.7. The predicted octanol–water partition coefficient (Wildman–Crippen LogP) is 4.16. The maximum absolute atomic E-state index is 9.00. The van der Waals surface area contributed by atoms with E-state index in [4.69, 9.17) is 21.6 Å². The van der Waals surface area contributed by atoms with Gasteiger partial charge in [0.15, 0.2) is 5.82 Å². The van der Waals surface area contributed by atoms with E-state index in [9.17, 15) is 0 Å². The van der Waals surface area contributed by atoms with Crippen LogP contribution in [0.1, 0.15) is 16.8 Å². The SMILES string of the molecule is N#Cc1ccc2c(c1)COC(c1cc(Br)nn1-c1ncccc1Cl)=N2. The summed E-state index contributed by atoms with van der Waals surface area (Å²) in [5.74, 6) is 0.902. The minimum atomic E-state index is 0.322. The van der Waals surface area contributed by atoms with Gasteiger partial charge in [-0.3, -0.25) is 0 Å². The lowest BCUT2D eigenvalue weighted by Crippen LogP contribution is -2.16. The van der Waals surface area contributed by atoms with E-state index in [0.29, 0.717) is 39.2 Å². The van der Waals surface area contributed by atoms with Crippen LogP contribution in [0, 0.1) is 11.3 Å². The van der Waals surface area contributed by atoms with Crippen molar-refractivity contribution in [2.75, 3.05) is 0 Å². The molecule has 1 aromatic carbocycles. The summed E-state index contributed by atoms with van der Waals surface area (Å²) in [7, 11) is 0. The Morgan fingerprint density at radius 1 is 1.28 bits per heavy atom. The summed E-state index contributed by atoms with van der Waals surface area (Å²) < 4.78 is 7.99. The largest absolute Gasteiger partial charge is 0.471 e. The molecule has 3 heterocycles. The molecule has 1 aliphatic heterocycles. The van der Waals surface area contributed by atoms with Gasteiger partial charge in [-0.15, -0.1) is 0 Å². The Balaban J connectivity index is 1.82. The van der Waals surface area contributed by atoms with Crippen LogP contribution in [0.5, 0.6) is 0 Å². The first-order valence-corrected chi connectivity index (χ1v) is 8.44. The average Bonchev–Trinajstić information content (AvgIpc) is 3.02. The first-order chi connectivity index (χ1) is 12.2. The van der Waals surface area contributed by atoms with Gasteiger partial charge >= 0.3 is 0 Å². The number of rotatable bonds is 2. The van der Waals surface area contributed by atoms with Crippen molar-refractivity contribution in [3.05, 3.63) is 69.0 Å². The quantitative estimate of drug-likeness (QED) is 0.631. The van der Waals surface area contributed by atoms with Crippen molar-refractivity contribution in [2.24, 2.45) is 4.99 Å². The molecular weight excluding hydrogens is 406 g/mol. The molecule has 0 fully saturated rings. The summed E-state index contributed by atoms with van der Waals surface area (Å²) in [6.07, 6.45) is 1.64. The second-order valence-corrected chi connectivity index (χ2v) is 6.45. The number of fused-ring (bicyclic) bond motifs is 1. The molecule has 0 saturated carbocycles. The number of benzene rings is 1. The zero-order valence-electron chi connectivity index (χ0n) is 12.6. The number of aromatic nitrogens is 3. The normalized spacial score (nSPS) is 12.8. The van der Waals surface area contributed by atoms with Crippen LogP contribution in [-0.4, -0.2) is 20.7 Å². The molecule has 0 saturated heterocycles. The van der Waals surface area contributed by atoms with Crippen LogP contribution in [0.2, 0.25) is 5.02 Å². The molecular formula is C17H9BrClN5O. The Morgan fingerprint density at radius 3 is 2.96 bits per heavy atom. The standard InChI is InChI=1S/C17H9BrClN5O/c18-15-7-14(24(23-15)16-12(19)2-1-5-21-16)17-22-13-4-3-10(8-20)6-11(13)9-25-17/h1-7H,9H2. The number of halogens is 2. The lowest BCUT2D eigenvalue weighted by atomic mass is 10.1. The van der Waals surface area contributed by atoms with Crippen LogP contribution in [0.4, 0.5) is 5.69 Å². The van der Waals surface area contributed by atoms with E-state index < -0.39 is 0 Å². The van der Waals surface area contributed by atoms with Gasteiger partial charge in [-0.2, -0.15) is 10.4 Å². The van der Waals surface area contributed by atoms with Crippen LogP contribution < -0.4 is 0 Å². The molecule has 0 unspecified atom stereocenters. The molecule has 3 aromatic rings. The summed E-state index contributed by atoms with van der Waals surface area (Å²) in [4.78, 5) is 8.84. The zero-order valence-corrected chi connectivity index (χ0v) is 15.0. The van der Waals surface area contributed by atoms with E-state index in [1.807, 2.05) is 0 Å². The smallest absolute Gasteiger partial charge is 0.241 e. The minimum absolute atomic E-state index is 0.322. The number of hydrogen-bond acceptors (Lipinski definition) is 5. The molecule has 0 atom stereocenters. The second-order valence-electron chi connectivity index (χ2n) is 5.23. The highest BCUT2D eigenvalue weighted by Crippen LogP contribution is 2.29.